The van der Waals surface area contributed by atoms with E-state index >= 15 is 0 Å². The van der Waals surface area contributed by atoms with Crippen LogP contribution in [0, 0.1) is 6.92 Å². The van der Waals surface area contributed by atoms with Crippen molar-refractivity contribution in [2.75, 3.05) is 51.4 Å². The van der Waals surface area contributed by atoms with Crippen molar-refractivity contribution in [1.82, 2.24) is 9.80 Å². The number of amides is 1. The Morgan fingerprint density at radius 3 is 2.72 bits per heavy atom. The molecule has 1 aromatic rings. The molecule has 0 radical (unpaired) electrons. The van der Waals surface area contributed by atoms with Crippen molar-refractivity contribution >= 4 is 15.7 Å². The summed E-state index contributed by atoms with van der Waals surface area (Å²) in [4.78, 5) is 16.7. The monoisotopic (exact) mass is 424 g/mol. The molecule has 0 bridgehead atoms. The molecule has 2 aliphatic rings. The number of ether oxygens (including phenoxy) is 2. The van der Waals surface area contributed by atoms with Gasteiger partial charge in [-0.2, -0.15) is 0 Å². The number of hydrogen-bond donors (Lipinski definition) is 0. The standard InChI is InChI=1S/C21H32N2O5S/c1-17-6-3-4-8-20(17)28-12-10-22(2)15-21(24)23(14-19-7-5-11-27-19)18-9-13-29(25,26)16-18/h3-4,6,8,18-19H,5,7,9-16H2,1-2H3. The smallest absolute Gasteiger partial charge is 0.237 e. The lowest BCUT2D eigenvalue weighted by molar-refractivity contribution is -0.135. The van der Waals surface area contributed by atoms with Crippen molar-refractivity contribution < 1.29 is 22.7 Å². The summed E-state index contributed by atoms with van der Waals surface area (Å²) in [6.07, 6.45) is 2.44. The lowest BCUT2D eigenvalue weighted by atomic mass is 10.1. The van der Waals surface area contributed by atoms with Crippen LogP contribution in [0.25, 0.3) is 0 Å². The van der Waals surface area contributed by atoms with E-state index in [1.165, 1.54) is 0 Å². The normalized spacial score (nSPS) is 23.4. The number of para-hydroxylation sites is 1. The Labute approximate surface area is 173 Å². The molecule has 162 valence electrons. The number of sulfone groups is 1. The Morgan fingerprint density at radius 2 is 2.07 bits per heavy atom. The molecule has 2 aliphatic heterocycles. The van der Waals surface area contributed by atoms with E-state index in [1.54, 1.807) is 4.90 Å². The second kappa shape index (κ2) is 9.91. The van der Waals surface area contributed by atoms with E-state index in [1.807, 2.05) is 43.1 Å². The van der Waals surface area contributed by atoms with Crippen LogP contribution in [0.3, 0.4) is 0 Å². The van der Waals surface area contributed by atoms with Gasteiger partial charge in [0.2, 0.25) is 5.91 Å². The second-order valence-corrected chi connectivity index (χ2v) is 10.3. The first-order valence-electron chi connectivity index (χ1n) is 10.3. The molecule has 7 nitrogen and oxygen atoms in total. The number of rotatable bonds is 9. The third-order valence-electron chi connectivity index (χ3n) is 5.62. The topological polar surface area (TPSA) is 76.2 Å². The zero-order chi connectivity index (χ0) is 20.9. The molecule has 0 aromatic heterocycles. The number of likely N-dealkylation sites (N-methyl/N-ethyl adjacent to an activating group) is 1. The predicted octanol–water partition coefficient (Wildman–Crippen LogP) is 1.50. The zero-order valence-corrected chi connectivity index (χ0v) is 18.2. The predicted molar refractivity (Wildman–Crippen MR) is 112 cm³/mol. The number of carbonyl (C=O) groups excluding carboxylic acids is 1. The van der Waals surface area contributed by atoms with Crippen LogP contribution in [-0.4, -0.2) is 87.7 Å². The van der Waals surface area contributed by atoms with Crippen LogP contribution in [0.15, 0.2) is 24.3 Å². The Morgan fingerprint density at radius 1 is 1.28 bits per heavy atom. The SMILES string of the molecule is Cc1ccccc1OCCN(C)CC(=O)N(CC1CCCO1)C1CCS(=O)(=O)C1. The lowest BCUT2D eigenvalue weighted by Crippen LogP contribution is -2.49. The molecule has 8 heteroatoms. The fourth-order valence-electron chi connectivity index (χ4n) is 3.91. The number of aryl methyl sites for hydroxylation is 1. The Bertz CT molecular complexity index is 792. The Balaban J connectivity index is 1.53. The maximum atomic E-state index is 13.0. The van der Waals surface area contributed by atoms with E-state index in [2.05, 4.69) is 0 Å². The van der Waals surface area contributed by atoms with Crippen LogP contribution < -0.4 is 4.74 Å². The van der Waals surface area contributed by atoms with Gasteiger partial charge in [0.05, 0.1) is 24.2 Å². The second-order valence-electron chi connectivity index (χ2n) is 8.09. The van der Waals surface area contributed by atoms with Gasteiger partial charge in [0, 0.05) is 25.7 Å². The quantitative estimate of drug-likeness (QED) is 0.598. The van der Waals surface area contributed by atoms with Gasteiger partial charge in [-0.25, -0.2) is 8.42 Å². The highest BCUT2D eigenvalue weighted by Gasteiger charge is 2.36. The molecule has 3 rings (SSSR count). The molecular weight excluding hydrogens is 392 g/mol. The molecule has 0 spiro atoms. The molecule has 1 aromatic carbocycles. The highest BCUT2D eigenvalue weighted by atomic mass is 32.2. The average Bonchev–Trinajstić information content (AvgIpc) is 3.30. The minimum atomic E-state index is -3.05. The van der Waals surface area contributed by atoms with Crippen LogP contribution in [0.5, 0.6) is 5.75 Å². The van der Waals surface area contributed by atoms with E-state index in [9.17, 15) is 13.2 Å². The first-order valence-corrected chi connectivity index (χ1v) is 12.1. The third kappa shape index (κ3) is 6.42. The summed E-state index contributed by atoms with van der Waals surface area (Å²) in [7, 11) is -1.17. The van der Waals surface area contributed by atoms with E-state index in [0.29, 0.717) is 32.7 Å². The van der Waals surface area contributed by atoms with E-state index in [0.717, 1.165) is 24.2 Å². The summed E-state index contributed by atoms with van der Waals surface area (Å²) in [6.45, 7) is 4.52. The molecular formula is C21H32N2O5S. The van der Waals surface area contributed by atoms with Gasteiger partial charge in [-0.05, 0) is 44.9 Å². The van der Waals surface area contributed by atoms with Gasteiger partial charge in [0.15, 0.2) is 9.84 Å². The number of hydrogen-bond acceptors (Lipinski definition) is 6. The summed E-state index contributed by atoms with van der Waals surface area (Å²) >= 11 is 0. The summed E-state index contributed by atoms with van der Waals surface area (Å²) < 4.78 is 35.4. The van der Waals surface area contributed by atoms with Gasteiger partial charge in [0.1, 0.15) is 12.4 Å². The van der Waals surface area contributed by atoms with Crippen molar-refractivity contribution in [1.29, 1.82) is 0 Å². The lowest BCUT2D eigenvalue weighted by Gasteiger charge is -2.32. The van der Waals surface area contributed by atoms with Crippen LogP contribution in [0.4, 0.5) is 0 Å². The minimum Gasteiger partial charge on any atom is -0.492 e. The average molecular weight is 425 g/mol. The summed E-state index contributed by atoms with van der Waals surface area (Å²) in [6, 6.07) is 7.60. The van der Waals surface area contributed by atoms with Gasteiger partial charge in [-0.15, -0.1) is 0 Å². The molecule has 29 heavy (non-hydrogen) atoms. The molecule has 2 heterocycles. The van der Waals surface area contributed by atoms with Crippen LogP contribution in [-0.2, 0) is 19.4 Å². The minimum absolute atomic E-state index is 0.0111. The first kappa shape index (κ1) is 22.1. The zero-order valence-electron chi connectivity index (χ0n) is 17.4. The van der Waals surface area contributed by atoms with Crippen molar-refractivity contribution in [3.63, 3.8) is 0 Å². The maximum absolute atomic E-state index is 13.0. The summed E-state index contributed by atoms with van der Waals surface area (Å²) in [5.41, 5.74) is 1.08. The van der Waals surface area contributed by atoms with Gasteiger partial charge < -0.3 is 14.4 Å². The first-order chi connectivity index (χ1) is 13.8. The van der Waals surface area contributed by atoms with E-state index in [-0.39, 0.29) is 36.1 Å². The van der Waals surface area contributed by atoms with Gasteiger partial charge in [-0.3, -0.25) is 9.69 Å². The van der Waals surface area contributed by atoms with E-state index in [4.69, 9.17) is 9.47 Å². The van der Waals surface area contributed by atoms with Crippen molar-refractivity contribution in [2.24, 2.45) is 0 Å². The summed E-state index contributed by atoms with van der Waals surface area (Å²) in [5, 5.41) is 0. The highest BCUT2D eigenvalue weighted by molar-refractivity contribution is 7.91. The Hall–Kier alpha value is -1.64. The molecule has 0 N–H and O–H groups in total. The molecule has 2 atom stereocenters. The molecule has 0 saturated carbocycles. The molecule has 2 saturated heterocycles. The van der Waals surface area contributed by atoms with Crippen LogP contribution >= 0.6 is 0 Å². The Kier molecular flexibility index (Phi) is 7.54. The van der Waals surface area contributed by atoms with Gasteiger partial charge in [0.25, 0.3) is 0 Å². The number of benzene rings is 1. The van der Waals surface area contributed by atoms with Gasteiger partial charge in [-0.1, -0.05) is 18.2 Å². The molecule has 1 amide bonds. The third-order valence-corrected chi connectivity index (χ3v) is 7.37. The summed E-state index contributed by atoms with van der Waals surface area (Å²) in [5.74, 6) is 1.03. The largest absolute Gasteiger partial charge is 0.492 e. The highest BCUT2D eigenvalue weighted by Crippen LogP contribution is 2.22. The van der Waals surface area contributed by atoms with Crippen LogP contribution in [0.1, 0.15) is 24.8 Å². The van der Waals surface area contributed by atoms with Crippen molar-refractivity contribution in [3.8, 4) is 5.75 Å². The van der Waals surface area contributed by atoms with Crippen molar-refractivity contribution in [2.45, 2.75) is 38.3 Å². The fraction of sp³-hybridized carbons (Fsp3) is 0.667. The fourth-order valence-corrected chi connectivity index (χ4v) is 5.64. The molecule has 2 unspecified atom stereocenters. The molecule has 0 aliphatic carbocycles. The van der Waals surface area contributed by atoms with E-state index < -0.39 is 9.84 Å². The number of carbonyl (C=O) groups is 1. The maximum Gasteiger partial charge on any atom is 0.237 e. The van der Waals surface area contributed by atoms with Crippen molar-refractivity contribution in [3.05, 3.63) is 29.8 Å². The van der Waals surface area contributed by atoms with Gasteiger partial charge >= 0.3 is 0 Å². The number of nitrogens with zero attached hydrogens (tertiary/aromatic N) is 2. The molecule has 2 fully saturated rings. The van der Waals surface area contributed by atoms with Crippen LogP contribution in [0.2, 0.25) is 0 Å².